The van der Waals surface area contributed by atoms with Crippen molar-refractivity contribution in [2.45, 2.75) is 39.5 Å². The van der Waals surface area contributed by atoms with E-state index in [1.165, 1.54) is 11.1 Å². The third-order valence-corrected chi connectivity index (χ3v) is 3.78. The molecule has 0 atom stereocenters. The van der Waals surface area contributed by atoms with Gasteiger partial charge in [0.05, 0.1) is 12.5 Å². The van der Waals surface area contributed by atoms with Crippen LogP contribution in [0.25, 0.3) is 0 Å². The molecule has 0 aromatic heterocycles. The Morgan fingerprint density at radius 3 is 2.72 bits per heavy atom. The number of fused-ring (bicyclic) bond motifs is 1. The van der Waals surface area contributed by atoms with E-state index in [0.717, 1.165) is 30.6 Å². The Balaban J connectivity index is 2.43. The smallest absolute Gasteiger partial charge is 0.309 e. The number of benzene rings is 1. The van der Waals surface area contributed by atoms with E-state index in [9.17, 15) is 9.90 Å². The summed E-state index contributed by atoms with van der Waals surface area (Å²) < 4.78 is 5.40. The van der Waals surface area contributed by atoms with Crippen LogP contribution in [0.2, 0.25) is 0 Å². The number of methoxy groups -OCH3 is 1. The highest BCUT2D eigenvalue weighted by atomic mass is 16.5. The average Bonchev–Trinajstić information content (AvgIpc) is 2.77. The largest absolute Gasteiger partial charge is 0.496 e. The molecule has 0 heterocycles. The summed E-state index contributed by atoms with van der Waals surface area (Å²) in [7, 11) is 1.65. The molecule has 1 aliphatic rings. The molecule has 0 saturated heterocycles. The molecule has 98 valence electrons. The van der Waals surface area contributed by atoms with Crippen LogP contribution in [0.15, 0.2) is 12.1 Å². The Morgan fingerprint density at radius 1 is 1.39 bits per heavy atom. The Bertz CT molecular complexity index is 475. The molecule has 1 N–H and O–H groups in total. The van der Waals surface area contributed by atoms with Crippen molar-refractivity contribution in [2.75, 3.05) is 7.11 Å². The maximum Gasteiger partial charge on any atom is 0.309 e. The van der Waals surface area contributed by atoms with Crippen molar-refractivity contribution < 1.29 is 14.6 Å². The summed E-state index contributed by atoms with van der Waals surface area (Å²) in [5.41, 5.74) is 2.99. The maximum atomic E-state index is 11.3. The molecule has 0 unspecified atom stereocenters. The molecule has 1 aliphatic carbocycles. The van der Waals surface area contributed by atoms with Gasteiger partial charge >= 0.3 is 5.97 Å². The highest BCUT2D eigenvalue weighted by Crippen LogP contribution is 2.36. The topological polar surface area (TPSA) is 46.5 Å². The molecule has 2 rings (SSSR count). The monoisotopic (exact) mass is 248 g/mol. The molecule has 0 saturated carbocycles. The van der Waals surface area contributed by atoms with Crippen molar-refractivity contribution in [2.24, 2.45) is 5.41 Å². The highest BCUT2D eigenvalue weighted by Gasteiger charge is 2.31. The van der Waals surface area contributed by atoms with E-state index in [1.54, 1.807) is 21.0 Å². The van der Waals surface area contributed by atoms with E-state index in [1.807, 2.05) is 6.07 Å². The molecule has 0 spiro atoms. The van der Waals surface area contributed by atoms with Crippen molar-refractivity contribution in [3.8, 4) is 5.75 Å². The zero-order chi connectivity index (χ0) is 13.3. The van der Waals surface area contributed by atoms with Gasteiger partial charge in [0, 0.05) is 0 Å². The fourth-order valence-electron chi connectivity index (χ4n) is 2.62. The Labute approximate surface area is 108 Å². The van der Waals surface area contributed by atoms with E-state index >= 15 is 0 Å². The van der Waals surface area contributed by atoms with E-state index in [2.05, 4.69) is 6.07 Å². The standard InChI is InChI=1S/C15H20O3/c1-15(2,14(16)17)9-12-11-6-4-5-10(11)7-8-13(12)18-3/h7-8H,4-6,9H2,1-3H3,(H,16,17). The molecule has 1 aromatic rings. The van der Waals surface area contributed by atoms with Crippen LogP contribution in [0.1, 0.15) is 37.0 Å². The van der Waals surface area contributed by atoms with Gasteiger partial charge in [0.1, 0.15) is 5.75 Å². The van der Waals surface area contributed by atoms with Crippen molar-refractivity contribution >= 4 is 5.97 Å². The van der Waals surface area contributed by atoms with Gasteiger partial charge in [-0.05, 0) is 62.3 Å². The quantitative estimate of drug-likeness (QED) is 0.891. The summed E-state index contributed by atoms with van der Waals surface area (Å²) in [5.74, 6) is 0.0603. The third kappa shape index (κ3) is 2.22. The van der Waals surface area contributed by atoms with Gasteiger partial charge in [-0.3, -0.25) is 4.79 Å². The predicted octanol–water partition coefficient (Wildman–Crippen LogP) is 2.84. The summed E-state index contributed by atoms with van der Waals surface area (Å²) in [6.07, 6.45) is 3.81. The Kier molecular flexibility index (Phi) is 3.33. The van der Waals surface area contributed by atoms with E-state index in [4.69, 9.17) is 4.74 Å². The van der Waals surface area contributed by atoms with E-state index in [-0.39, 0.29) is 0 Å². The van der Waals surface area contributed by atoms with Crippen molar-refractivity contribution in [3.63, 3.8) is 0 Å². The van der Waals surface area contributed by atoms with Crippen LogP contribution in [0, 0.1) is 5.41 Å². The zero-order valence-corrected chi connectivity index (χ0v) is 11.2. The predicted molar refractivity (Wildman–Crippen MR) is 70.1 cm³/mol. The van der Waals surface area contributed by atoms with Gasteiger partial charge in [0.25, 0.3) is 0 Å². The number of hydrogen-bond acceptors (Lipinski definition) is 2. The SMILES string of the molecule is COc1ccc2c(c1CC(C)(C)C(=O)O)CCC2. The molecule has 0 bridgehead atoms. The van der Waals surface area contributed by atoms with Crippen LogP contribution < -0.4 is 4.74 Å². The molecule has 0 aliphatic heterocycles. The second kappa shape index (κ2) is 4.63. The summed E-state index contributed by atoms with van der Waals surface area (Å²) in [5, 5.41) is 9.27. The van der Waals surface area contributed by atoms with Crippen LogP contribution in [0.3, 0.4) is 0 Å². The normalized spacial score (nSPS) is 14.4. The minimum atomic E-state index is -0.764. The number of hydrogen-bond donors (Lipinski definition) is 1. The molecule has 3 nitrogen and oxygen atoms in total. The number of carbonyl (C=O) groups is 1. The van der Waals surface area contributed by atoms with Crippen molar-refractivity contribution in [3.05, 3.63) is 28.8 Å². The average molecular weight is 248 g/mol. The Morgan fingerprint density at radius 2 is 2.11 bits per heavy atom. The van der Waals surface area contributed by atoms with Crippen LogP contribution in [-0.2, 0) is 24.1 Å². The first kappa shape index (κ1) is 12.9. The first-order valence-electron chi connectivity index (χ1n) is 6.37. The number of carboxylic acids is 1. The first-order valence-corrected chi connectivity index (χ1v) is 6.37. The van der Waals surface area contributed by atoms with Crippen molar-refractivity contribution in [1.29, 1.82) is 0 Å². The number of carboxylic acid groups (broad SMARTS) is 1. The van der Waals surface area contributed by atoms with Gasteiger partial charge in [-0.1, -0.05) is 6.07 Å². The fourth-order valence-corrected chi connectivity index (χ4v) is 2.62. The van der Waals surface area contributed by atoms with Crippen LogP contribution >= 0.6 is 0 Å². The number of aryl methyl sites for hydroxylation is 1. The summed E-state index contributed by atoms with van der Waals surface area (Å²) in [6.45, 7) is 3.53. The molecule has 3 heteroatoms. The minimum Gasteiger partial charge on any atom is -0.496 e. The highest BCUT2D eigenvalue weighted by molar-refractivity contribution is 5.74. The van der Waals surface area contributed by atoms with Gasteiger partial charge in [-0.15, -0.1) is 0 Å². The van der Waals surface area contributed by atoms with Crippen LogP contribution in [0.4, 0.5) is 0 Å². The fraction of sp³-hybridized carbons (Fsp3) is 0.533. The summed E-state index contributed by atoms with van der Waals surface area (Å²) in [4.78, 5) is 11.3. The van der Waals surface area contributed by atoms with Gasteiger partial charge in [0.15, 0.2) is 0 Å². The molecular formula is C15H20O3. The van der Waals surface area contributed by atoms with E-state index in [0.29, 0.717) is 6.42 Å². The lowest BCUT2D eigenvalue weighted by Crippen LogP contribution is -2.27. The lowest BCUT2D eigenvalue weighted by Gasteiger charge is -2.22. The first-order chi connectivity index (χ1) is 8.45. The molecule has 1 aromatic carbocycles. The molecular weight excluding hydrogens is 228 g/mol. The second-order valence-corrected chi connectivity index (χ2v) is 5.60. The minimum absolute atomic E-state index is 0.522. The number of aliphatic carboxylic acids is 1. The molecule has 18 heavy (non-hydrogen) atoms. The van der Waals surface area contributed by atoms with Crippen LogP contribution in [0.5, 0.6) is 5.75 Å². The molecule has 0 radical (unpaired) electrons. The lowest BCUT2D eigenvalue weighted by molar-refractivity contribution is -0.146. The Hall–Kier alpha value is -1.51. The summed E-state index contributed by atoms with van der Waals surface area (Å²) in [6, 6.07) is 4.08. The van der Waals surface area contributed by atoms with Gasteiger partial charge < -0.3 is 9.84 Å². The van der Waals surface area contributed by atoms with Gasteiger partial charge in [-0.2, -0.15) is 0 Å². The van der Waals surface area contributed by atoms with Gasteiger partial charge in [-0.25, -0.2) is 0 Å². The van der Waals surface area contributed by atoms with Crippen molar-refractivity contribution in [1.82, 2.24) is 0 Å². The number of rotatable bonds is 4. The zero-order valence-electron chi connectivity index (χ0n) is 11.2. The summed E-state index contributed by atoms with van der Waals surface area (Å²) >= 11 is 0. The van der Waals surface area contributed by atoms with Crippen LogP contribution in [-0.4, -0.2) is 18.2 Å². The second-order valence-electron chi connectivity index (χ2n) is 5.60. The lowest BCUT2D eigenvalue weighted by atomic mass is 9.83. The molecule has 0 fully saturated rings. The maximum absolute atomic E-state index is 11.3. The number of ether oxygens (including phenoxy) is 1. The van der Waals surface area contributed by atoms with Gasteiger partial charge in [0.2, 0.25) is 0 Å². The molecule has 0 amide bonds. The third-order valence-electron chi connectivity index (χ3n) is 3.78. The van der Waals surface area contributed by atoms with E-state index < -0.39 is 11.4 Å².